The van der Waals surface area contributed by atoms with Crippen molar-refractivity contribution in [3.05, 3.63) is 23.8 Å². The highest BCUT2D eigenvalue weighted by Crippen LogP contribution is 2.24. The number of urea groups is 1. The van der Waals surface area contributed by atoms with Crippen molar-refractivity contribution in [1.82, 2.24) is 9.80 Å². The van der Waals surface area contributed by atoms with Crippen molar-refractivity contribution in [3.8, 4) is 0 Å². The summed E-state index contributed by atoms with van der Waals surface area (Å²) in [4.78, 5) is 27.0. The molecule has 0 atom stereocenters. The second kappa shape index (κ2) is 7.96. The third-order valence-electron chi connectivity index (χ3n) is 3.88. The van der Waals surface area contributed by atoms with Gasteiger partial charge in [0.1, 0.15) is 11.6 Å². The molecule has 0 bridgehead atoms. The molecular weight excluding hydrogens is 346 g/mol. The maximum Gasteiger partial charge on any atom is 0.322 e. The zero-order valence-corrected chi connectivity index (χ0v) is 15.1. The molecule has 0 aliphatic carbocycles. The van der Waals surface area contributed by atoms with Gasteiger partial charge < -0.3 is 20.6 Å². The van der Waals surface area contributed by atoms with Crippen molar-refractivity contribution in [1.29, 1.82) is 0 Å². The van der Waals surface area contributed by atoms with Gasteiger partial charge in [0.25, 0.3) is 0 Å². The molecule has 7 nitrogen and oxygen atoms in total. The fraction of sp³-hybridized carbons (Fsp3) is 0.529. The summed E-state index contributed by atoms with van der Waals surface area (Å²) < 4.78 is 27.6. The van der Waals surface area contributed by atoms with E-state index in [1.54, 1.807) is 13.8 Å². The highest BCUT2D eigenvalue weighted by molar-refractivity contribution is 5.92. The van der Waals surface area contributed by atoms with Crippen molar-refractivity contribution in [2.75, 3.05) is 43.4 Å². The molecule has 144 valence electrons. The predicted octanol–water partition coefficient (Wildman–Crippen LogP) is 1.84. The minimum absolute atomic E-state index is 0.204. The fourth-order valence-electron chi connectivity index (χ4n) is 2.78. The molecule has 2 rings (SSSR count). The van der Waals surface area contributed by atoms with Gasteiger partial charge in [-0.1, -0.05) is 0 Å². The first-order valence-electron chi connectivity index (χ1n) is 8.32. The highest BCUT2D eigenvalue weighted by atomic mass is 19.1. The smallest absolute Gasteiger partial charge is 0.322 e. The van der Waals surface area contributed by atoms with Crippen LogP contribution in [0.1, 0.15) is 20.8 Å². The van der Waals surface area contributed by atoms with Crippen LogP contribution in [0.3, 0.4) is 0 Å². The lowest BCUT2D eigenvalue weighted by molar-refractivity contribution is -0.114. The number of anilines is 2. The molecule has 0 saturated carbocycles. The van der Waals surface area contributed by atoms with Crippen LogP contribution in [0.4, 0.5) is 25.0 Å². The number of β-amino-alcohol motifs (C(OH)–C–C–N with tert-alkyl or cyclic N) is 1. The lowest BCUT2D eigenvalue weighted by atomic mass is 10.1. The third-order valence-corrected chi connectivity index (χ3v) is 3.88. The van der Waals surface area contributed by atoms with E-state index in [4.69, 9.17) is 0 Å². The largest absolute Gasteiger partial charge is 0.389 e. The van der Waals surface area contributed by atoms with E-state index in [0.29, 0.717) is 38.8 Å². The first-order chi connectivity index (χ1) is 12.0. The Labute approximate surface area is 151 Å². The summed E-state index contributed by atoms with van der Waals surface area (Å²) in [6, 6.07) is 1.16. The molecule has 1 fully saturated rings. The number of rotatable bonds is 4. The van der Waals surface area contributed by atoms with E-state index < -0.39 is 29.2 Å². The molecule has 3 amide bonds. The van der Waals surface area contributed by atoms with Crippen molar-refractivity contribution in [2.45, 2.75) is 26.4 Å². The zero-order valence-electron chi connectivity index (χ0n) is 15.1. The van der Waals surface area contributed by atoms with Crippen LogP contribution >= 0.6 is 0 Å². The molecule has 26 heavy (non-hydrogen) atoms. The molecule has 1 aromatic rings. The number of piperazine rings is 1. The molecular formula is C17H24F2N4O3. The Morgan fingerprint density at radius 2 is 1.62 bits per heavy atom. The summed E-state index contributed by atoms with van der Waals surface area (Å²) in [5.41, 5.74) is -1.23. The van der Waals surface area contributed by atoms with Crippen molar-refractivity contribution >= 4 is 23.3 Å². The van der Waals surface area contributed by atoms with Crippen LogP contribution in [-0.2, 0) is 4.79 Å². The van der Waals surface area contributed by atoms with Gasteiger partial charge in [0.2, 0.25) is 5.91 Å². The number of amides is 3. The van der Waals surface area contributed by atoms with Gasteiger partial charge in [0.15, 0.2) is 0 Å². The summed E-state index contributed by atoms with van der Waals surface area (Å²) in [6.07, 6.45) is 0. The Morgan fingerprint density at radius 1 is 1.08 bits per heavy atom. The van der Waals surface area contributed by atoms with Gasteiger partial charge in [-0.3, -0.25) is 9.69 Å². The van der Waals surface area contributed by atoms with E-state index >= 15 is 0 Å². The van der Waals surface area contributed by atoms with Gasteiger partial charge >= 0.3 is 6.03 Å². The number of halogens is 2. The van der Waals surface area contributed by atoms with Gasteiger partial charge in [-0.2, -0.15) is 0 Å². The minimum Gasteiger partial charge on any atom is -0.389 e. The lowest BCUT2D eigenvalue weighted by Gasteiger charge is -2.37. The Kier molecular flexibility index (Phi) is 6.14. The standard InChI is InChI=1S/C17H24F2N4O3/c1-11(24)20-14-9-15(13(19)8-12(14)18)21-16(25)23-6-4-22(5-7-23)10-17(2,3)26/h8-9,26H,4-7,10H2,1-3H3,(H,20,24)(H,21,25). The van der Waals surface area contributed by atoms with Gasteiger partial charge in [-0.25, -0.2) is 13.6 Å². The maximum atomic E-state index is 13.9. The van der Waals surface area contributed by atoms with Gasteiger partial charge in [0, 0.05) is 45.7 Å². The van der Waals surface area contributed by atoms with Crippen LogP contribution in [0, 0.1) is 11.6 Å². The van der Waals surface area contributed by atoms with Crippen molar-refractivity contribution < 1.29 is 23.5 Å². The Balaban J connectivity index is 1.99. The van der Waals surface area contributed by atoms with Crippen LogP contribution in [0.2, 0.25) is 0 Å². The Morgan fingerprint density at radius 3 is 2.12 bits per heavy atom. The molecule has 3 N–H and O–H groups in total. The first-order valence-corrected chi connectivity index (χ1v) is 8.32. The lowest BCUT2D eigenvalue weighted by Crippen LogP contribution is -2.52. The van der Waals surface area contributed by atoms with Crippen LogP contribution < -0.4 is 10.6 Å². The van der Waals surface area contributed by atoms with E-state index in [-0.39, 0.29) is 11.4 Å². The first kappa shape index (κ1) is 20.1. The topological polar surface area (TPSA) is 84.9 Å². The summed E-state index contributed by atoms with van der Waals surface area (Å²) in [6.45, 7) is 7.14. The fourth-order valence-corrected chi connectivity index (χ4v) is 2.78. The zero-order chi connectivity index (χ0) is 19.5. The maximum absolute atomic E-state index is 13.9. The van der Waals surface area contributed by atoms with E-state index in [2.05, 4.69) is 10.6 Å². The van der Waals surface area contributed by atoms with Gasteiger partial charge in [-0.05, 0) is 19.9 Å². The number of carbonyl (C=O) groups is 2. The summed E-state index contributed by atoms with van der Waals surface area (Å²) in [7, 11) is 0. The van der Waals surface area contributed by atoms with E-state index in [9.17, 15) is 23.5 Å². The van der Waals surface area contributed by atoms with Crippen molar-refractivity contribution in [2.24, 2.45) is 0 Å². The number of nitrogens with one attached hydrogen (secondary N) is 2. The Bertz CT molecular complexity index is 683. The summed E-state index contributed by atoms with van der Waals surface area (Å²) in [5.74, 6) is -2.35. The van der Waals surface area contributed by atoms with Crippen molar-refractivity contribution in [3.63, 3.8) is 0 Å². The predicted molar refractivity (Wildman–Crippen MR) is 94.0 cm³/mol. The molecule has 1 aromatic carbocycles. The van der Waals surface area contributed by atoms with Crippen LogP contribution in [0.5, 0.6) is 0 Å². The highest BCUT2D eigenvalue weighted by Gasteiger charge is 2.25. The SMILES string of the molecule is CC(=O)Nc1cc(NC(=O)N2CCN(CC(C)(C)O)CC2)c(F)cc1F. The molecule has 1 aliphatic heterocycles. The average molecular weight is 370 g/mol. The Hall–Kier alpha value is -2.26. The summed E-state index contributed by atoms with van der Waals surface area (Å²) in [5, 5.41) is 14.5. The molecule has 1 heterocycles. The number of carbonyl (C=O) groups excluding carboxylic acids is 2. The number of aliphatic hydroxyl groups is 1. The number of hydrogen-bond donors (Lipinski definition) is 3. The minimum atomic E-state index is -0.925. The van der Waals surface area contributed by atoms with E-state index in [0.717, 1.165) is 6.07 Å². The molecule has 9 heteroatoms. The van der Waals surface area contributed by atoms with Crippen LogP contribution in [-0.4, -0.2) is 65.2 Å². The van der Waals surface area contributed by atoms with E-state index in [1.807, 2.05) is 4.90 Å². The monoisotopic (exact) mass is 370 g/mol. The second-order valence-corrected chi connectivity index (χ2v) is 7.00. The van der Waals surface area contributed by atoms with Gasteiger partial charge in [0.05, 0.1) is 17.0 Å². The molecule has 0 radical (unpaired) electrons. The molecule has 0 unspecified atom stereocenters. The second-order valence-electron chi connectivity index (χ2n) is 7.00. The van der Waals surface area contributed by atoms with Crippen LogP contribution in [0.25, 0.3) is 0 Å². The average Bonchev–Trinajstić information content (AvgIpc) is 2.50. The molecule has 0 spiro atoms. The number of hydrogen-bond acceptors (Lipinski definition) is 4. The molecule has 1 aliphatic rings. The molecule has 0 aromatic heterocycles. The summed E-state index contributed by atoms with van der Waals surface area (Å²) >= 11 is 0. The quantitative estimate of drug-likeness (QED) is 0.755. The normalized spacial score (nSPS) is 15.7. The molecule has 1 saturated heterocycles. The number of benzene rings is 1. The number of nitrogens with zero attached hydrogens (tertiary/aromatic N) is 2. The van der Waals surface area contributed by atoms with Crippen LogP contribution in [0.15, 0.2) is 12.1 Å². The van der Waals surface area contributed by atoms with E-state index in [1.165, 1.54) is 11.8 Å². The third kappa shape index (κ3) is 5.63. The van der Waals surface area contributed by atoms with Gasteiger partial charge in [-0.15, -0.1) is 0 Å².